The summed E-state index contributed by atoms with van der Waals surface area (Å²) in [6.07, 6.45) is 6.87. The molecule has 0 aromatic rings. The summed E-state index contributed by atoms with van der Waals surface area (Å²) < 4.78 is 0. The number of hydrogen-bond donors (Lipinski definition) is 1. The van der Waals surface area contributed by atoms with Crippen molar-refractivity contribution in [3.8, 4) is 0 Å². The summed E-state index contributed by atoms with van der Waals surface area (Å²) in [6, 6.07) is 0.545. The van der Waals surface area contributed by atoms with E-state index < -0.39 is 0 Å². The van der Waals surface area contributed by atoms with Crippen LogP contribution in [0, 0.1) is 11.3 Å². The highest BCUT2D eigenvalue weighted by Gasteiger charge is 2.36. The van der Waals surface area contributed by atoms with Crippen molar-refractivity contribution < 1.29 is 0 Å². The van der Waals surface area contributed by atoms with Crippen molar-refractivity contribution in [1.29, 1.82) is 0 Å². The Bertz CT molecular complexity index is 282. The molecular weight excluding hydrogens is 228 g/mol. The van der Waals surface area contributed by atoms with Crippen molar-refractivity contribution >= 4 is 16.9 Å². The lowest BCUT2D eigenvalue weighted by molar-refractivity contribution is 0.357. The van der Waals surface area contributed by atoms with Crippen LogP contribution in [-0.2, 0) is 0 Å². The number of aliphatic imine (C=N–C) groups is 1. The molecule has 0 bridgehead atoms. The zero-order chi connectivity index (χ0) is 12.3. The maximum atomic E-state index is 4.79. The van der Waals surface area contributed by atoms with Crippen molar-refractivity contribution in [3.05, 3.63) is 0 Å². The highest BCUT2D eigenvalue weighted by Crippen LogP contribution is 2.43. The molecule has 0 radical (unpaired) electrons. The van der Waals surface area contributed by atoms with Gasteiger partial charge in [-0.25, -0.2) is 0 Å². The summed E-state index contributed by atoms with van der Waals surface area (Å²) in [4.78, 5) is 4.79. The molecule has 0 aromatic heterocycles. The van der Waals surface area contributed by atoms with Crippen molar-refractivity contribution in [2.24, 2.45) is 16.3 Å². The van der Waals surface area contributed by atoms with Crippen LogP contribution in [0.25, 0.3) is 0 Å². The Morgan fingerprint density at radius 3 is 2.59 bits per heavy atom. The molecule has 2 nitrogen and oxygen atoms in total. The molecule has 0 aromatic carbocycles. The van der Waals surface area contributed by atoms with Crippen molar-refractivity contribution in [2.45, 2.75) is 58.9 Å². The third-order valence-electron chi connectivity index (χ3n) is 4.59. The van der Waals surface area contributed by atoms with Gasteiger partial charge in [0, 0.05) is 18.3 Å². The highest BCUT2D eigenvalue weighted by atomic mass is 32.2. The van der Waals surface area contributed by atoms with Gasteiger partial charge in [-0.1, -0.05) is 44.9 Å². The summed E-state index contributed by atoms with van der Waals surface area (Å²) in [7, 11) is 0. The normalized spacial score (nSPS) is 26.6. The Balaban J connectivity index is 1.86. The standard InChI is InChI=1S/C14H26N2S/c1-4-11(2)12(3)16-13-15-9-14(10-17-13)7-5-6-8-14/h11-12H,4-10H2,1-3H3,(H,15,16). The average Bonchev–Trinajstić information content (AvgIpc) is 2.80. The first-order valence-electron chi connectivity index (χ1n) is 7.09. The Labute approximate surface area is 110 Å². The summed E-state index contributed by atoms with van der Waals surface area (Å²) in [5.74, 6) is 2.01. The van der Waals surface area contributed by atoms with Crippen LogP contribution >= 0.6 is 11.8 Å². The summed E-state index contributed by atoms with van der Waals surface area (Å²) >= 11 is 1.95. The molecule has 1 spiro atoms. The van der Waals surface area contributed by atoms with Crippen LogP contribution in [0.15, 0.2) is 4.99 Å². The van der Waals surface area contributed by atoms with Crippen molar-refractivity contribution in [3.63, 3.8) is 0 Å². The Kier molecular flexibility index (Phi) is 4.40. The fourth-order valence-corrected chi connectivity index (χ4v) is 4.01. The summed E-state index contributed by atoms with van der Waals surface area (Å²) in [5.41, 5.74) is 0.565. The number of amidine groups is 1. The second-order valence-electron chi connectivity index (χ2n) is 5.94. The number of nitrogens with one attached hydrogen (secondary N) is 1. The molecule has 1 aliphatic carbocycles. The first-order valence-corrected chi connectivity index (χ1v) is 8.07. The van der Waals surface area contributed by atoms with E-state index in [4.69, 9.17) is 4.99 Å². The van der Waals surface area contributed by atoms with Crippen molar-refractivity contribution in [2.75, 3.05) is 12.3 Å². The minimum absolute atomic E-state index is 0.545. The van der Waals surface area contributed by atoms with Crippen LogP contribution < -0.4 is 5.32 Å². The predicted molar refractivity (Wildman–Crippen MR) is 77.7 cm³/mol. The zero-order valence-corrected chi connectivity index (χ0v) is 12.3. The minimum Gasteiger partial charge on any atom is -0.362 e. The molecule has 2 aliphatic rings. The van der Waals surface area contributed by atoms with Gasteiger partial charge < -0.3 is 5.32 Å². The van der Waals surface area contributed by atoms with Crippen molar-refractivity contribution in [1.82, 2.24) is 5.32 Å². The second kappa shape index (κ2) is 5.64. The zero-order valence-electron chi connectivity index (χ0n) is 11.5. The van der Waals surface area contributed by atoms with Gasteiger partial charge >= 0.3 is 0 Å². The molecule has 2 rings (SSSR count). The summed E-state index contributed by atoms with van der Waals surface area (Å²) in [6.45, 7) is 7.91. The smallest absolute Gasteiger partial charge is 0.156 e. The Morgan fingerprint density at radius 2 is 2.06 bits per heavy atom. The molecule has 0 saturated heterocycles. The SMILES string of the molecule is CCC(C)C(C)NC1=NCC2(CCCC2)CS1. The van der Waals surface area contributed by atoms with Crippen LogP contribution in [0.5, 0.6) is 0 Å². The molecule has 1 heterocycles. The van der Waals surface area contributed by atoms with E-state index in [1.165, 1.54) is 43.0 Å². The third kappa shape index (κ3) is 3.18. The molecule has 1 saturated carbocycles. The van der Waals surface area contributed by atoms with E-state index in [9.17, 15) is 0 Å². The molecular formula is C14H26N2S. The van der Waals surface area contributed by atoms with Gasteiger partial charge in [0.2, 0.25) is 0 Å². The molecule has 0 amide bonds. The number of hydrogen-bond acceptors (Lipinski definition) is 3. The van der Waals surface area contributed by atoms with Crippen LogP contribution in [0.2, 0.25) is 0 Å². The van der Waals surface area contributed by atoms with E-state index in [0.717, 1.165) is 12.5 Å². The lowest BCUT2D eigenvalue weighted by Crippen LogP contribution is -2.39. The number of nitrogens with zero attached hydrogens (tertiary/aromatic N) is 1. The average molecular weight is 254 g/mol. The van der Waals surface area contributed by atoms with Gasteiger partial charge in [-0.15, -0.1) is 0 Å². The van der Waals surface area contributed by atoms with Gasteiger partial charge in [0.05, 0.1) is 0 Å². The minimum atomic E-state index is 0.545. The van der Waals surface area contributed by atoms with E-state index in [-0.39, 0.29) is 0 Å². The predicted octanol–water partition coefficient (Wildman–Crippen LogP) is 3.67. The molecule has 17 heavy (non-hydrogen) atoms. The van der Waals surface area contributed by atoms with Crippen LogP contribution in [-0.4, -0.2) is 23.5 Å². The first kappa shape index (κ1) is 13.3. The van der Waals surface area contributed by atoms with Gasteiger partial charge in [0.1, 0.15) is 0 Å². The van der Waals surface area contributed by atoms with E-state index in [0.29, 0.717) is 11.5 Å². The molecule has 98 valence electrons. The van der Waals surface area contributed by atoms with Gasteiger partial charge in [-0.05, 0) is 31.1 Å². The number of rotatable bonds is 3. The van der Waals surface area contributed by atoms with E-state index in [1.807, 2.05) is 11.8 Å². The molecule has 1 fully saturated rings. The fraction of sp³-hybridized carbons (Fsp3) is 0.929. The third-order valence-corrected chi connectivity index (χ3v) is 5.86. The number of thioether (sulfide) groups is 1. The van der Waals surface area contributed by atoms with E-state index in [2.05, 4.69) is 26.1 Å². The second-order valence-corrected chi connectivity index (χ2v) is 6.90. The monoisotopic (exact) mass is 254 g/mol. The highest BCUT2D eigenvalue weighted by molar-refractivity contribution is 8.13. The van der Waals surface area contributed by atoms with Gasteiger partial charge in [-0.3, -0.25) is 4.99 Å². The van der Waals surface area contributed by atoms with Crippen LogP contribution in [0.4, 0.5) is 0 Å². The Hall–Kier alpha value is -0.180. The largest absolute Gasteiger partial charge is 0.362 e. The van der Waals surface area contributed by atoms with E-state index >= 15 is 0 Å². The molecule has 1 aliphatic heterocycles. The molecule has 1 N–H and O–H groups in total. The van der Waals surface area contributed by atoms with Gasteiger partial charge in [0.15, 0.2) is 5.17 Å². The maximum absolute atomic E-state index is 4.79. The van der Waals surface area contributed by atoms with Gasteiger partial charge in [0.25, 0.3) is 0 Å². The molecule has 3 heteroatoms. The maximum Gasteiger partial charge on any atom is 0.156 e. The first-order chi connectivity index (χ1) is 8.15. The molecule has 2 atom stereocenters. The van der Waals surface area contributed by atoms with Crippen LogP contribution in [0.1, 0.15) is 52.9 Å². The molecule has 2 unspecified atom stereocenters. The van der Waals surface area contributed by atoms with E-state index in [1.54, 1.807) is 0 Å². The topological polar surface area (TPSA) is 24.4 Å². The summed E-state index contributed by atoms with van der Waals surface area (Å²) in [5, 5.41) is 4.78. The lowest BCUT2D eigenvalue weighted by atomic mass is 9.89. The quantitative estimate of drug-likeness (QED) is 0.831. The van der Waals surface area contributed by atoms with Gasteiger partial charge in [-0.2, -0.15) is 0 Å². The Morgan fingerprint density at radius 1 is 1.35 bits per heavy atom. The lowest BCUT2D eigenvalue weighted by Gasteiger charge is -2.32. The fourth-order valence-electron chi connectivity index (χ4n) is 2.76. The van der Waals surface area contributed by atoms with Crippen LogP contribution in [0.3, 0.4) is 0 Å².